The summed E-state index contributed by atoms with van der Waals surface area (Å²) < 4.78 is 26.5. The van der Waals surface area contributed by atoms with Crippen molar-refractivity contribution in [3.8, 4) is 0 Å². The lowest BCUT2D eigenvalue weighted by molar-refractivity contribution is 0.187. The molecule has 0 amide bonds. The van der Waals surface area contributed by atoms with Crippen LogP contribution in [-0.4, -0.2) is 49.6 Å². The zero-order valence-electron chi connectivity index (χ0n) is 17.5. The Bertz CT molecular complexity index is 616. The first kappa shape index (κ1) is 25.1. The third-order valence-corrected chi connectivity index (χ3v) is 4.93. The Balaban J connectivity index is 0.00000392. The lowest BCUT2D eigenvalue weighted by atomic mass is 10.0. The summed E-state index contributed by atoms with van der Waals surface area (Å²) in [5, 5.41) is 6.83. The molecule has 1 atom stereocenters. The van der Waals surface area contributed by atoms with Gasteiger partial charge in [0.15, 0.2) is 17.6 Å². The van der Waals surface area contributed by atoms with E-state index < -0.39 is 11.6 Å². The number of likely N-dealkylation sites (tertiary alicyclic amines) is 1. The van der Waals surface area contributed by atoms with Crippen LogP contribution in [0.3, 0.4) is 0 Å². The van der Waals surface area contributed by atoms with Gasteiger partial charge in [0.25, 0.3) is 0 Å². The molecular formula is C21H35F2IN4. The zero-order chi connectivity index (χ0) is 19.8. The predicted molar refractivity (Wildman–Crippen MR) is 124 cm³/mol. The quantitative estimate of drug-likeness (QED) is 0.327. The number of halogens is 3. The molecule has 4 nitrogen and oxygen atoms in total. The van der Waals surface area contributed by atoms with Crippen LogP contribution in [0, 0.1) is 17.6 Å². The Labute approximate surface area is 185 Å². The number of benzene rings is 1. The smallest absolute Gasteiger partial charge is 0.191 e. The first-order chi connectivity index (χ1) is 12.9. The molecule has 0 bridgehead atoms. The van der Waals surface area contributed by atoms with E-state index in [9.17, 15) is 8.78 Å². The summed E-state index contributed by atoms with van der Waals surface area (Å²) in [5.74, 6) is -0.0985. The van der Waals surface area contributed by atoms with Crippen molar-refractivity contribution < 1.29 is 8.78 Å². The normalized spacial score (nSPS) is 17.3. The van der Waals surface area contributed by atoms with Gasteiger partial charge in [0.2, 0.25) is 0 Å². The van der Waals surface area contributed by atoms with Gasteiger partial charge in [-0.05, 0) is 43.4 Å². The van der Waals surface area contributed by atoms with Crippen molar-refractivity contribution in [3.63, 3.8) is 0 Å². The Kier molecular flexibility index (Phi) is 11.3. The molecular weight excluding hydrogens is 473 g/mol. The second-order valence-corrected chi connectivity index (χ2v) is 7.91. The third kappa shape index (κ3) is 8.19. The zero-order valence-corrected chi connectivity index (χ0v) is 19.8. The van der Waals surface area contributed by atoms with Crippen LogP contribution in [-0.2, 0) is 0 Å². The number of aliphatic imine (C=N–C) groups is 1. The van der Waals surface area contributed by atoms with E-state index in [2.05, 4.69) is 34.4 Å². The van der Waals surface area contributed by atoms with Crippen LogP contribution in [0.2, 0.25) is 0 Å². The van der Waals surface area contributed by atoms with Gasteiger partial charge in [0.05, 0.1) is 0 Å². The number of rotatable bonds is 7. The van der Waals surface area contributed by atoms with E-state index in [4.69, 9.17) is 0 Å². The summed E-state index contributed by atoms with van der Waals surface area (Å²) in [6, 6.07) is 4.49. The molecule has 1 aromatic rings. The second-order valence-electron chi connectivity index (χ2n) is 7.91. The van der Waals surface area contributed by atoms with Gasteiger partial charge < -0.3 is 15.5 Å². The lowest BCUT2D eigenvalue weighted by Gasteiger charge is -2.34. The Morgan fingerprint density at radius 2 is 1.86 bits per heavy atom. The van der Waals surface area contributed by atoms with Crippen molar-refractivity contribution >= 4 is 29.9 Å². The van der Waals surface area contributed by atoms with Gasteiger partial charge in [-0.15, -0.1) is 24.0 Å². The molecule has 28 heavy (non-hydrogen) atoms. The molecule has 7 heteroatoms. The molecule has 1 heterocycles. The van der Waals surface area contributed by atoms with Crippen molar-refractivity contribution in [2.45, 2.75) is 52.5 Å². The summed E-state index contributed by atoms with van der Waals surface area (Å²) in [5.41, 5.74) is 0.760. The topological polar surface area (TPSA) is 39.7 Å². The highest BCUT2D eigenvalue weighted by atomic mass is 127. The maximum Gasteiger partial charge on any atom is 0.191 e. The molecule has 1 unspecified atom stereocenters. The van der Waals surface area contributed by atoms with Crippen LogP contribution in [0.5, 0.6) is 0 Å². The Morgan fingerprint density at radius 3 is 2.43 bits per heavy atom. The minimum Gasteiger partial charge on any atom is -0.357 e. The number of piperidine rings is 1. The van der Waals surface area contributed by atoms with E-state index in [0.29, 0.717) is 18.5 Å². The maximum absolute atomic E-state index is 13.4. The average Bonchev–Trinajstić information content (AvgIpc) is 2.63. The predicted octanol–water partition coefficient (Wildman–Crippen LogP) is 4.36. The molecule has 160 valence electrons. The maximum atomic E-state index is 13.4. The number of hydrogen-bond donors (Lipinski definition) is 2. The molecule has 2 N–H and O–H groups in total. The minimum atomic E-state index is -0.812. The summed E-state index contributed by atoms with van der Waals surface area (Å²) in [6.45, 7) is 13.2. The van der Waals surface area contributed by atoms with Gasteiger partial charge in [-0.25, -0.2) is 8.78 Å². The summed E-state index contributed by atoms with van der Waals surface area (Å²) >= 11 is 0. The van der Waals surface area contributed by atoms with Gasteiger partial charge in [-0.1, -0.05) is 26.8 Å². The van der Waals surface area contributed by atoms with Crippen molar-refractivity contribution in [1.82, 2.24) is 15.5 Å². The average molecular weight is 508 g/mol. The number of nitrogens with zero attached hydrogens (tertiary/aromatic N) is 2. The molecule has 1 saturated heterocycles. The van der Waals surface area contributed by atoms with E-state index >= 15 is 0 Å². The van der Waals surface area contributed by atoms with Crippen LogP contribution >= 0.6 is 24.0 Å². The van der Waals surface area contributed by atoms with Crippen molar-refractivity contribution in [1.29, 1.82) is 0 Å². The minimum absolute atomic E-state index is 0. The standard InChI is InChI=1S/C21H34F2N4.HI/c1-5-24-21(26-18-8-10-27(11-9-18)14-15(2)3)25-13-16(4)17-6-7-19(22)20(23)12-17;/h6-7,12,15-16,18H,5,8-11,13-14H2,1-4H3,(H2,24,25,26);1H. The highest BCUT2D eigenvalue weighted by Gasteiger charge is 2.20. The molecule has 0 saturated carbocycles. The fraction of sp³-hybridized carbons (Fsp3) is 0.667. The third-order valence-electron chi connectivity index (χ3n) is 4.93. The number of guanidine groups is 1. The van der Waals surface area contributed by atoms with Crippen molar-refractivity contribution in [2.75, 3.05) is 32.7 Å². The van der Waals surface area contributed by atoms with Crippen molar-refractivity contribution in [3.05, 3.63) is 35.4 Å². The molecule has 2 rings (SSSR count). The first-order valence-corrected chi connectivity index (χ1v) is 10.1. The monoisotopic (exact) mass is 508 g/mol. The second kappa shape index (κ2) is 12.6. The molecule has 0 aliphatic carbocycles. The lowest BCUT2D eigenvalue weighted by Crippen LogP contribution is -2.49. The summed E-state index contributed by atoms with van der Waals surface area (Å²) in [4.78, 5) is 7.19. The van der Waals surface area contributed by atoms with Gasteiger partial charge in [0.1, 0.15) is 0 Å². The van der Waals surface area contributed by atoms with Gasteiger partial charge in [-0.3, -0.25) is 4.99 Å². The number of hydrogen-bond acceptors (Lipinski definition) is 2. The number of nitrogens with one attached hydrogen (secondary N) is 2. The van der Waals surface area contributed by atoms with Crippen molar-refractivity contribution in [2.24, 2.45) is 10.9 Å². The molecule has 0 radical (unpaired) electrons. The van der Waals surface area contributed by atoms with Crippen LogP contribution in [0.25, 0.3) is 0 Å². The van der Waals surface area contributed by atoms with E-state index in [1.807, 2.05) is 13.8 Å². The molecule has 1 aromatic carbocycles. The fourth-order valence-corrected chi connectivity index (χ4v) is 3.44. The highest BCUT2D eigenvalue weighted by Crippen LogP contribution is 2.18. The first-order valence-electron chi connectivity index (χ1n) is 10.1. The van der Waals surface area contributed by atoms with Crippen LogP contribution in [0.1, 0.15) is 52.0 Å². The fourth-order valence-electron chi connectivity index (χ4n) is 3.44. The highest BCUT2D eigenvalue weighted by molar-refractivity contribution is 14.0. The largest absolute Gasteiger partial charge is 0.357 e. The Morgan fingerprint density at radius 1 is 1.18 bits per heavy atom. The van der Waals surface area contributed by atoms with E-state index in [-0.39, 0.29) is 29.9 Å². The molecule has 1 aliphatic heterocycles. The Hall–Kier alpha value is -0.960. The van der Waals surface area contributed by atoms with Gasteiger partial charge >= 0.3 is 0 Å². The molecule has 0 aromatic heterocycles. The summed E-state index contributed by atoms with van der Waals surface area (Å²) in [7, 11) is 0. The van der Waals surface area contributed by atoms with Gasteiger partial charge in [-0.2, -0.15) is 0 Å². The molecule has 1 fully saturated rings. The van der Waals surface area contributed by atoms with E-state index in [1.54, 1.807) is 6.07 Å². The van der Waals surface area contributed by atoms with E-state index in [0.717, 1.165) is 50.5 Å². The van der Waals surface area contributed by atoms with Gasteiger partial charge in [0, 0.05) is 44.7 Å². The SMILES string of the molecule is CCNC(=NCC(C)c1ccc(F)c(F)c1)NC1CCN(CC(C)C)CC1.I. The molecule has 1 aliphatic rings. The van der Waals surface area contributed by atoms with E-state index in [1.165, 1.54) is 12.1 Å². The molecule has 0 spiro atoms. The van der Waals surface area contributed by atoms with Crippen LogP contribution < -0.4 is 10.6 Å². The van der Waals surface area contributed by atoms with Crippen LogP contribution in [0.4, 0.5) is 8.78 Å². The van der Waals surface area contributed by atoms with Crippen LogP contribution in [0.15, 0.2) is 23.2 Å². The summed E-state index contributed by atoms with van der Waals surface area (Å²) in [6.07, 6.45) is 2.21.